The molecule has 0 unspecified atom stereocenters. The Morgan fingerprint density at radius 1 is 0.500 bits per heavy atom. The quantitative estimate of drug-likeness (QED) is 0.243. The van der Waals surface area contributed by atoms with Crippen LogP contribution in [0.1, 0.15) is 0 Å². The maximum atomic E-state index is 6.18. The van der Waals surface area contributed by atoms with Crippen molar-refractivity contribution >= 4 is 53.9 Å². The van der Waals surface area contributed by atoms with Gasteiger partial charge in [-0.15, -0.1) is 11.3 Å². The molecule has 3 nitrogen and oxygen atoms in total. The fourth-order valence-electron chi connectivity index (χ4n) is 4.73. The lowest BCUT2D eigenvalue weighted by atomic mass is 10.0. The summed E-state index contributed by atoms with van der Waals surface area (Å²) >= 11 is 7.96. The fourth-order valence-corrected chi connectivity index (χ4v) is 5.98. The summed E-state index contributed by atoms with van der Waals surface area (Å²) in [6, 6.07) is 37.0. The summed E-state index contributed by atoms with van der Waals surface area (Å²) in [5.74, 6) is 1.93. The monoisotopic (exact) mass is 499 g/mol. The van der Waals surface area contributed by atoms with Gasteiger partial charge in [0.2, 0.25) is 0 Å². The highest BCUT2D eigenvalue weighted by molar-refractivity contribution is 7.25. The third-order valence-electron chi connectivity index (χ3n) is 6.41. The second-order valence-corrected chi connectivity index (χ2v) is 10.1. The van der Waals surface area contributed by atoms with Crippen LogP contribution in [0, 0.1) is 0 Å². The molecule has 0 fully saturated rings. The SMILES string of the molecule is Clc1ccc(-c2nc(-c3cccc4ccccc34)nc(-c3cccc4sc5ccccc5c34)n2)cc1. The highest BCUT2D eigenvalue weighted by atomic mass is 35.5. The minimum atomic E-state index is 0.621. The summed E-state index contributed by atoms with van der Waals surface area (Å²) in [5.41, 5.74) is 2.88. The van der Waals surface area contributed by atoms with Gasteiger partial charge >= 0.3 is 0 Å². The summed E-state index contributed by atoms with van der Waals surface area (Å²) in [6.45, 7) is 0. The van der Waals surface area contributed by atoms with Crippen LogP contribution < -0.4 is 0 Å². The van der Waals surface area contributed by atoms with E-state index in [9.17, 15) is 0 Å². The number of benzene rings is 5. The van der Waals surface area contributed by atoms with Crippen molar-refractivity contribution in [3.05, 3.63) is 114 Å². The molecular formula is C31H18ClN3S. The van der Waals surface area contributed by atoms with E-state index in [1.165, 1.54) is 20.2 Å². The van der Waals surface area contributed by atoms with Gasteiger partial charge in [-0.1, -0.05) is 84.4 Å². The lowest BCUT2D eigenvalue weighted by molar-refractivity contribution is 1.08. The average Bonchev–Trinajstić information content (AvgIpc) is 3.32. The van der Waals surface area contributed by atoms with Crippen molar-refractivity contribution in [1.29, 1.82) is 0 Å². The Hall–Kier alpha value is -4.12. The van der Waals surface area contributed by atoms with Crippen molar-refractivity contribution in [1.82, 2.24) is 15.0 Å². The number of hydrogen-bond donors (Lipinski definition) is 0. The molecule has 0 aliphatic heterocycles. The zero-order chi connectivity index (χ0) is 24.1. The van der Waals surface area contributed by atoms with Gasteiger partial charge in [0.25, 0.3) is 0 Å². The Bertz CT molecular complexity index is 1900. The smallest absolute Gasteiger partial charge is 0.164 e. The van der Waals surface area contributed by atoms with Gasteiger partial charge < -0.3 is 0 Å². The molecule has 170 valence electrons. The zero-order valence-corrected chi connectivity index (χ0v) is 20.6. The normalized spacial score (nSPS) is 11.5. The van der Waals surface area contributed by atoms with E-state index in [1.54, 1.807) is 11.3 Å². The third kappa shape index (κ3) is 3.54. The molecule has 0 amide bonds. The lowest BCUT2D eigenvalue weighted by Crippen LogP contribution is -2.00. The maximum absolute atomic E-state index is 6.18. The highest BCUT2D eigenvalue weighted by Crippen LogP contribution is 2.40. The van der Waals surface area contributed by atoms with Crippen molar-refractivity contribution < 1.29 is 0 Å². The molecule has 36 heavy (non-hydrogen) atoms. The Morgan fingerprint density at radius 3 is 1.97 bits per heavy atom. The number of aromatic nitrogens is 3. The summed E-state index contributed by atoms with van der Waals surface area (Å²) in [7, 11) is 0. The fraction of sp³-hybridized carbons (Fsp3) is 0. The summed E-state index contributed by atoms with van der Waals surface area (Å²) in [5, 5.41) is 5.33. The van der Waals surface area contributed by atoms with E-state index in [-0.39, 0.29) is 0 Å². The molecule has 0 radical (unpaired) electrons. The van der Waals surface area contributed by atoms with Crippen molar-refractivity contribution in [2.45, 2.75) is 0 Å². The number of rotatable bonds is 3. The molecule has 0 atom stereocenters. The van der Waals surface area contributed by atoms with Crippen LogP contribution in [-0.4, -0.2) is 15.0 Å². The number of halogens is 1. The second kappa shape index (κ2) is 8.52. The van der Waals surface area contributed by atoms with E-state index in [2.05, 4.69) is 72.8 Å². The van der Waals surface area contributed by atoms with Crippen LogP contribution >= 0.6 is 22.9 Å². The van der Waals surface area contributed by atoms with Crippen molar-refractivity contribution in [2.75, 3.05) is 0 Å². The first-order valence-electron chi connectivity index (χ1n) is 11.7. The predicted octanol–water partition coefficient (Wildman–Crippen LogP) is 9.05. The Morgan fingerprint density at radius 2 is 1.11 bits per heavy atom. The molecule has 7 aromatic rings. The van der Waals surface area contributed by atoms with Crippen molar-refractivity contribution in [3.8, 4) is 34.2 Å². The van der Waals surface area contributed by atoms with Gasteiger partial charge in [-0.3, -0.25) is 0 Å². The van der Waals surface area contributed by atoms with Gasteiger partial charge in [0, 0.05) is 41.9 Å². The summed E-state index contributed by atoms with van der Waals surface area (Å²) in [4.78, 5) is 15.0. The molecule has 0 bridgehead atoms. The average molecular weight is 500 g/mol. The van der Waals surface area contributed by atoms with Crippen LogP contribution in [0.25, 0.3) is 65.1 Å². The Balaban J connectivity index is 1.54. The molecule has 0 spiro atoms. The highest BCUT2D eigenvalue weighted by Gasteiger charge is 2.17. The molecular weight excluding hydrogens is 482 g/mol. The van der Waals surface area contributed by atoms with Crippen LogP contribution in [-0.2, 0) is 0 Å². The molecule has 2 heterocycles. The summed E-state index contributed by atoms with van der Waals surface area (Å²) < 4.78 is 2.47. The van der Waals surface area contributed by atoms with E-state index in [4.69, 9.17) is 26.6 Å². The van der Waals surface area contributed by atoms with E-state index in [0.29, 0.717) is 22.5 Å². The third-order valence-corrected chi connectivity index (χ3v) is 7.80. The van der Waals surface area contributed by atoms with Crippen LogP contribution in [0.15, 0.2) is 109 Å². The second-order valence-electron chi connectivity index (χ2n) is 8.62. The first kappa shape index (κ1) is 21.2. The van der Waals surface area contributed by atoms with Gasteiger partial charge in [0.1, 0.15) is 0 Å². The molecule has 0 saturated heterocycles. The van der Waals surface area contributed by atoms with Gasteiger partial charge in [-0.05, 0) is 47.2 Å². The van der Waals surface area contributed by atoms with Crippen LogP contribution in [0.5, 0.6) is 0 Å². The van der Waals surface area contributed by atoms with Gasteiger partial charge in [0.15, 0.2) is 17.5 Å². The zero-order valence-electron chi connectivity index (χ0n) is 19.0. The molecule has 2 aromatic heterocycles. The molecule has 0 aliphatic carbocycles. The lowest BCUT2D eigenvalue weighted by Gasteiger charge is -2.11. The number of nitrogens with zero attached hydrogens (tertiary/aromatic N) is 3. The molecule has 5 heteroatoms. The Labute approximate surface area is 216 Å². The van der Waals surface area contributed by atoms with Gasteiger partial charge in [-0.25, -0.2) is 15.0 Å². The number of hydrogen-bond acceptors (Lipinski definition) is 4. The van der Waals surface area contributed by atoms with Gasteiger partial charge in [-0.2, -0.15) is 0 Å². The van der Waals surface area contributed by atoms with Gasteiger partial charge in [0.05, 0.1) is 0 Å². The maximum Gasteiger partial charge on any atom is 0.164 e. The molecule has 0 N–H and O–H groups in total. The molecule has 0 saturated carbocycles. The van der Waals surface area contributed by atoms with Crippen LogP contribution in [0.2, 0.25) is 5.02 Å². The molecule has 0 aliphatic rings. The van der Waals surface area contributed by atoms with E-state index >= 15 is 0 Å². The number of fused-ring (bicyclic) bond motifs is 4. The minimum Gasteiger partial charge on any atom is -0.208 e. The van der Waals surface area contributed by atoms with E-state index in [1.807, 2.05) is 36.4 Å². The van der Waals surface area contributed by atoms with Crippen LogP contribution in [0.4, 0.5) is 0 Å². The molecule has 5 aromatic carbocycles. The number of thiophene rings is 1. The predicted molar refractivity (Wildman–Crippen MR) is 152 cm³/mol. The largest absolute Gasteiger partial charge is 0.208 e. The first-order chi connectivity index (χ1) is 17.7. The standard InChI is InChI=1S/C31H18ClN3S/c32-21-17-15-20(16-18-21)29-33-30(23-11-5-8-19-7-1-2-9-22(19)23)35-31(34-29)25-12-6-14-27-28(25)24-10-3-4-13-26(24)36-27/h1-18H. The first-order valence-corrected chi connectivity index (χ1v) is 12.8. The van der Waals surface area contributed by atoms with Crippen molar-refractivity contribution in [2.24, 2.45) is 0 Å². The summed E-state index contributed by atoms with van der Waals surface area (Å²) in [6.07, 6.45) is 0. The van der Waals surface area contributed by atoms with E-state index < -0.39 is 0 Å². The van der Waals surface area contributed by atoms with E-state index in [0.717, 1.165) is 27.5 Å². The van der Waals surface area contributed by atoms with Crippen molar-refractivity contribution in [3.63, 3.8) is 0 Å². The minimum absolute atomic E-state index is 0.621. The topological polar surface area (TPSA) is 38.7 Å². The van der Waals surface area contributed by atoms with Crippen LogP contribution in [0.3, 0.4) is 0 Å². The molecule has 7 rings (SSSR count). The Kier molecular flexibility index (Phi) is 5.01.